The van der Waals surface area contributed by atoms with E-state index in [1.807, 2.05) is 13.0 Å². The van der Waals surface area contributed by atoms with Gasteiger partial charge in [0, 0.05) is 24.8 Å². The summed E-state index contributed by atoms with van der Waals surface area (Å²) in [5, 5.41) is 16.7. The zero-order chi connectivity index (χ0) is 22.9. The molecule has 9 nitrogen and oxygen atoms in total. The monoisotopic (exact) mass is 454 g/mol. The molecule has 0 unspecified atom stereocenters. The highest BCUT2D eigenvalue weighted by Crippen LogP contribution is 2.23. The Kier molecular flexibility index (Phi) is 5.81. The van der Waals surface area contributed by atoms with Gasteiger partial charge in [0.25, 0.3) is 11.5 Å². The number of nitrogens with zero attached hydrogens (tertiary/aromatic N) is 3. The van der Waals surface area contributed by atoms with Gasteiger partial charge in [-0.05, 0) is 61.7 Å². The third-order valence-electron chi connectivity index (χ3n) is 5.19. The van der Waals surface area contributed by atoms with E-state index in [0.717, 1.165) is 29.2 Å². The fourth-order valence-electron chi connectivity index (χ4n) is 3.53. The molecule has 1 aliphatic heterocycles. The van der Waals surface area contributed by atoms with Crippen LogP contribution in [-0.2, 0) is 10.0 Å². The van der Waals surface area contributed by atoms with E-state index >= 15 is 0 Å². The third kappa shape index (κ3) is 4.27. The van der Waals surface area contributed by atoms with Gasteiger partial charge in [0.1, 0.15) is 0 Å². The van der Waals surface area contributed by atoms with Crippen LogP contribution >= 0.6 is 0 Å². The number of hydrogen-bond acceptors (Lipinski definition) is 6. The van der Waals surface area contributed by atoms with Gasteiger partial charge in [-0.3, -0.25) is 9.59 Å². The first kappa shape index (κ1) is 21.7. The first-order chi connectivity index (χ1) is 15.3. The van der Waals surface area contributed by atoms with E-state index in [1.54, 1.807) is 18.2 Å². The van der Waals surface area contributed by atoms with Crippen molar-refractivity contribution in [2.75, 3.05) is 18.4 Å². The van der Waals surface area contributed by atoms with Crippen LogP contribution in [0.4, 0.5) is 5.69 Å². The molecule has 166 valence electrons. The molecule has 0 atom stereocenters. The summed E-state index contributed by atoms with van der Waals surface area (Å²) in [5.74, 6) is -1.29. The summed E-state index contributed by atoms with van der Waals surface area (Å²) in [6, 6.07) is 13.7. The quantitative estimate of drug-likeness (QED) is 0.610. The van der Waals surface area contributed by atoms with E-state index in [1.165, 1.54) is 28.6 Å². The Labute approximate surface area is 185 Å². The smallest absolute Gasteiger partial charge is 0.279 e. The van der Waals surface area contributed by atoms with E-state index in [-0.39, 0.29) is 10.6 Å². The number of carbonyl (C=O) groups excluding carboxylic acids is 1. The average Bonchev–Trinajstić information content (AvgIpc) is 3.30. The molecule has 1 aromatic heterocycles. The SMILES string of the molecule is Cc1cccc(-n2nc(C(=O)Nc3ccc(S(=O)(=O)N4CCCC4)cc3)c(O)cc2=O)c1. The van der Waals surface area contributed by atoms with Crippen molar-refractivity contribution in [1.29, 1.82) is 0 Å². The van der Waals surface area contributed by atoms with Crippen molar-refractivity contribution in [3.63, 3.8) is 0 Å². The second-order valence-electron chi connectivity index (χ2n) is 7.56. The van der Waals surface area contributed by atoms with Crippen molar-refractivity contribution >= 4 is 21.6 Å². The lowest BCUT2D eigenvalue weighted by Crippen LogP contribution is -2.27. The number of aryl methyl sites for hydroxylation is 1. The molecule has 1 aliphatic rings. The van der Waals surface area contributed by atoms with Crippen LogP contribution in [0.15, 0.2) is 64.3 Å². The number of benzene rings is 2. The Hall–Kier alpha value is -3.50. The Balaban J connectivity index is 1.58. The van der Waals surface area contributed by atoms with Crippen LogP contribution in [0.3, 0.4) is 0 Å². The molecule has 0 radical (unpaired) electrons. The lowest BCUT2D eigenvalue weighted by molar-refractivity contribution is 0.101. The van der Waals surface area contributed by atoms with Crippen LogP contribution in [0.25, 0.3) is 5.69 Å². The minimum absolute atomic E-state index is 0.145. The minimum atomic E-state index is -3.56. The van der Waals surface area contributed by atoms with Crippen LogP contribution in [0, 0.1) is 6.92 Å². The highest BCUT2D eigenvalue weighted by Gasteiger charge is 2.27. The summed E-state index contributed by atoms with van der Waals surface area (Å²) >= 11 is 0. The van der Waals surface area contributed by atoms with Gasteiger partial charge < -0.3 is 10.4 Å². The van der Waals surface area contributed by atoms with Crippen molar-refractivity contribution in [3.8, 4) is 11.4 Å². The van der Waals surface area contributed by atoms with Crippen molar-refractivity contribution in [2.24, 2.45) is 0 Å². The number of anilines is 1. The van der Waals surface area contributed by atoms with E-state index in [4.69, 9.17) is 0 Å². The molecule has 32 heavy (non-hydrogen) atoms. The molecule has 0 aliphatic carbocycles. The van der Waals surface area contributed by atoms with E-state index in [9.17, 15) is 23.1 Å². The molecule has 3 aromatic rings. The lowest BCUT2D eigenvalue weighted by atomic mass is 10.2. The molecule has 2 heterocycles. The van der Waals surface area contributed by atoms with Gasteiger partial charge in [-0.25, -0.2) is 8.42 Å². The number of aromatic nitrogens is 2. The number of aromatic hydroxyl groups is 1. The Morgan fingerprint density at radius 1 is 1.06 bits per heavy atom. The molecule has 0 bridgehead atoms. The fraction of sp³-hybridized carbons (Fsp3) is 0.227. The number of hydrogen-bond donors (Lipinski definition) is 2. The first-order valence-electron chi connectivity index (χ1n) is 10.1. The van der Waals surface area contributed by atoms with Crippen LogP contribution < -0.4 is 10.9 Å². The topological polar surface area (TPSA) is 122 Å². The Morgan fingerprint density at radius 3 is 2.41 bits per heavy atom. The van der Waals surface area contributed by atoms with Crippen molar-refractivity contribution in [3.05, 3.63) is 76.2 Å². The maximum atomic E-state index is 12.7. The Morgan fingerprint density at radius 2 is 1.75 bits per heavy atom. The van der Waals surface area contributed by atoms with Gasteiger partial charge in [-0.15, -0.1) is 0 Å². The highest BCUT2D eigenvalue weighted by atomic mass is 32.2. The van der Waals surface area contributed by atoms with E-state index in [0.29, 0.717) is 24.5 Å². The zero-order valence-corrected chi connectivity index (χ0v) is 18.2. The van der Waals surface area contributed by atoms with E-state index in [2.05, 4.69) is 10.4 Å². The maximum absolute atomic E-state index is 12.7. The number of nitrogens with one attached hydrogen (secondary N) is 1. The molecule has 2 aromatic carbocycles. The lowest BCUT2D eigenvalue weighted by Gasteiger charge is -2.15. The van der Waals surface area contributed by atoms with Crippen molar-refractivity contribution < 1.29 is 18.3 Å². The predicted molar refractivity (Wildman–Crippen MR) is 119 cm³/mol. The molecule has 1 fully saturated rings. The molecule has 0 saturated carbocycles. The number of sulfonamides is 1. The van der Waals surface area contributed by atoms with Crippen molar-refractivity contribution in [1.82, 2.24) is 14.1 Å². The van der Waals surface area contributed by atoms with Gasteiger partial charge in [-0.2, -0.15) is 14.1 Å². The first-order valence-corrected chi connectivity index (χ1v) is 11.5. The van der Waals surface area contributed by atoms with Crippen LogP contribution in [0.2, 0.25) is 0 Å². The average molecular weight is 455 g/mol. The standard InChI is InChI=1S/C22H22N4O5S/c1-15-5-4-6-17(13-15)26-20(28)14-19(27)21(24-26)22(29)23-16-7-9-18(10-8-16)32(30,31)25-11-2-3-12-25/h4-10,13-14,27H,2-3,11-12H2,1H3,(H,23,29). The van der Waals surface area contributed by atoms with Gasteiger partial charge in [-0.1, -0.05) is 12.1 Å². The molecule has 1 saturated heterocycles. The Bertz CT molecular complexity index is 1330. The number of amides is 1. The van der Waals surface area contributed by atoms with Crippen LogP contribution in [-0.4, -0.2) is 46.6 Å². The van der Waals surface area contributed by atoms with Gasteiger partial charge in [0.15, 0.2) is 11.4 Å². The zero-order valence-electron chi connectivity index (χ0n) is 17.4. The summed E-state index contributed by atoms with van der Waals surface area (Å²) in [5.41, 5.74) is 0.769. The third-order valence-corrected chi connectivity index (χ3v) is 7.10. The number of rotatable bonds is 5. The fourth-order valence-corrected chi connectivity index (χ4v) is 5.05. The number of carbonyl (C=O) groups is 1. The molecular weight excluding hydrogens is 432 g/mol. The van der Waals surface area contributed by atoms with Crippen LogP contribution in [0.5, 0.6) is 5.75 Å². The van der Waals surface area contributed by atoms with Crippen LogP contribution in [0.1, 0.15) is 28.9 Å². The predicted octanol–water partition coefficient (Wildman–Crippen LogP) is 2.28. The molecule has 4 rings (SSSR count). The molecule has 2 N–H and O–H groups in total. The second kappa shape index (κ2) is 8.56. The van der Waals surface area contributed by atoms with Gasteiger partial charge in [0.05, 0.1) is 10.6 Å². The minimum Gasteiger partial charge on any atom is -0.505 e. The summed E-state index contributed by atoms with van der Waals surface area (Å²) in [6.07, 6.45) is 1.68. The highest BCUT2D eigenvalue weighted by molar-refractivity contribution is 7.89. The largest absolute Gasteiger partial charge is 0.505 e. The summed E-state index contributed by atoms with van der Waals surface area (Å²) in [7, 11) is -3.56. The molecular formula is C22H22N4O5S. The maximum Gasteiger partial charge on any atom is 0.279 e. The second-order valence-corrected chi connectivity index (χ2v) is 9.49. The normalized spacial score (nSPS) is 14.4. The summed E-state index contributed by atoms with van der Waals surface area (Å²) < 4.78 is 27.7. The van der Waals surface area contributed by atoms with Crippen molar-refractivity contribution in [2.45, 2.75) is 24.7 Å². The molecule has 10 heteroatoms. The van der Waals surface area contributed by atoms with Gasteiger partial charge in [0.2, 0.25) is 10.0 Å². The van der Waals surface area contributed by atoms with Gasteiger partial charge >= 0.3 is 0 Å². The van der Waals surface area contributed by atoms with E-state index < -0.39 is 27.2 Å². The summed E-state index contributed by atoms with van der Waals surface area (Å²) in [6.45, 7) is 2.86. The molecule has 0 spiro atoms. The molecule has 1 amide bonds. The summed E-state index contributed by atoms with van der Waals surface area (Å²) in [4.78, 5) is 25.1.